The first-order valence-electron chi connectivity index (χ1n) is 8.84. The molecule has 0 saturated carbocycles. The Morgan fingerprint density at radius 3 is 2.72 bits per heavy atom. The maximum absolute atomic E-state index is 15.6. The molecular formula is C21H24FN3. The van der Waals surface area contributed by atoms with E-state index in [-0.39, 0.29) is 0 Å². The van der Waals surface area contributed by atoms with Gasteiger partial charge < -0.3 is 9.47 Å². The van der Waals surface area contributed by atoms with Crippen LogP contribution in [-0.4, -0.2) is 28.0 Å². The molecule has 4 heteroatoms. The van der Waals surface area contributed by atoms with Crippen LogP contribution in [0.3, 0.4) is 0 Å². The number of fused-ring (bicyclic) bond motifs is 3. The number of pyridine rings is 1. The lowest BCUT2D eigenvalue weighted by Gasteiger charge is -2.28. The SMILES string of the molecule is Cc1ccc2c(c1)c1c(n2CC(C)(F)c2ccncc2)CN(C)CC1. The van der Waals surface area contributed by atoms with Crippen molar-refractivity contribution < 1.29 is 4.39 Å². The molecule has 2 aromatic heterocycles. The van der Waals surface area contributed by atoms with Crippen LogP contribution >= 0.6 is 0 Å². The molecule has 1 unspecified atom stereocenters. The Balaban J connectivity index is 1.85. The van der Waals surface area contributed by atoms with E-state index in [1.54, 1.807) is 31.5 Å². The number of alkyl halides is 1. The predicted molar refractivity (Wildman–Crippen MR) is 99.4 cm³/mol. The molecule has 0 spiro atoms. The molecule has 1 aromatic carbocycles. The number of nitrogens with zero attached hydrogens (tertiary/aromatic N) is 3. The van der Waals surface area contributed by atoms with E-state index in [1.807, 2.05) is 0 Å². The molecule has 1 aliphatic heterocycles. The summed E-state index contributed by atoms with van der Waals surface area (Å²) in [6.45, 7) is 6.03. The Bertz CT molecular complexity index is 912. The zero-order valence-corrected chi connectivity index (χ0v) is 15.1. The van der Waals surface area contributed by atoms with Gasteiger partial charge in [-0.05, 0) is 62.7 Å². The number of aryl methyl sites for hydroxylation is 1. The van der Waals surface area contributed by atoms with Crippen LogP contribution in [0.5, 0.6) is 0 Å². The molecule has 0 bridgehead atoms. The van der Waals surface area contributed by atoms with Gasteiger partial charge in [-0.3, -0.25) is 4.98 Å². The number of benzene rings is 1. The molecule has 0 N–H and O–H groups in total. The first-order chi connectivity index (χ1) is 12.0. The maximum atomic E-state index is 15.6. The predicted octanol–water partition coefficient (Wildman–Crippen LogP) is 4.22. The van der Waals surface area contributed by atoms with Crippen LogP contribution in [0.1, 0.15) is 29.3 Å². The van der Waals surface area contributed by atoms with E-state index in [0.29, 0.717) is 12.1 Å². The van der Waals surface area contributed by atoms with Crippen LogP contribution in [0.15, 0.2) is 42.7 Å². The van der Waals surface area contributed by atoms with Crippen molar-refractivity contribution in [3.8, 4) is 0 Å². The second-order valence-electron chi connectivity index (χ2n) is 7.45. The van der Waals surface area contributed by atoms with Crippen molar-refractivity contribution in [2.45, 2.75) is 39.0 Å². The molecule has 0 radical (unpaired) electrons. The van der Waals surface area contributed by atoms with E-state index in [0.717, 1.165) is 25.0 Å². The van der Waals surface area contributed by atoms with Crippen LogP contribution in [0, 0.1) is 6.92 Å². The highest BCUT2D eigenvalue weighted by molar-refractivity contribution is 5.86. The summed E-state index contributed by atoms with van der Waals surface area (Å²) in [4.78, 5) is 6.33. The topological polar surface area (TPSA) is 21.1 Å². The van der Waals surface area contributed by atoms with Gasteiger partial charge in [-0.1, -0.05) is 11.6 Å². The molecule has 4 rings (SSSR count). The molecule has 0 saturated heterocycles. The summed E-state index contributed by atoms with van der Waals surface area (Å²) < 4.78 is 17.8. The molecule has 0 amide bonds. The Labute approximate surface area is 148 Å². The van der Waals surface area contributed by atoms with Crippen molar-refractivity contribution in [2.24, 2.45) is 0 Å². The normalized spacial score (nSPS) is 17.4. The third-order valence-electron chi connectivity index (χ3n) is 5.34. The van der Waals surface area contributed by atoms with Crippen LogP contribution in [0.4, 0.5) is 4.39 Å². The third kappa shape index (κ3) is 2.85. The van der Waals surface area contributed by atoms with Crippen LogP contribution in [-0.2, 0) is 25.2 Å². The number of aromatic nitrogens is 2. The van der Waals surface area contributed by atoms with E-state index < -0.39 is 5.67 Å². The Morgan fingerprint density at radius 1 is 1.20 bits per heavy atom. The second-order valence-corrected chi connectivity index (χ2v) is 7.45. The van der Waals surface area contributed by atoms with E-state index in [4.69, 9.17) is 0 Å². The van der Waals surface area contributed by atoms with E-state index in [1.165, 1.54) is 22.2 Å². The summed E-state index contributed by atoms with van der Waals surface area (Å²) in [7, 11) is 2.13. The summed E-state index contributed by atoms with van der Waals surface area (Å²) in [5.74, 6) is 0. The maximum Gasteiger partial charge on any atom is 0.151 e. The van der Waals surface area contributed by atoms with E-state index in [2.05, 4.69) is 46.6 Å². The molecule has 3 heterocycles. The molecular weight excluding hydrogens is 313 g/mol. The first kappa shape index (κ1) is 16.3. The zero-order valence-electron chi connectivity index (χ0n) is 15.1. The van der Waals surface area contributed by atoms with Crippen molar-refractivity contribution in [2.75, 3.05) is 13.6 Å². The number of hydrogen-bond acceptors (Lipinski definition) is 2. The summed E-state index contributed by atoms with van der Waals surface area (Å²) >= 11 is 0. The van der Waals surface area contributed by atoms with E-state index >= 15 is 4.39 Å². The lowest BCUT2D eigenvalue weighted by Crippen LogP contribution is -2.30. The largest absolute Gasteiger partial charge is 0.339 e. The number of hydrogen-bond donors (Lipinski definition) is 0. The third-order valence-corrected chi connectivity index (χ3v) is 5.34. The average molecular weight is 337 g/mol. The molecule has 1 atom stereocenters. The fraction of sp³-hybridized carbons (Fsp3) is 0.381. The zero-order chi connectivity index (χ0) is 17.6. The lowest BCUT2D eigenvalue weighted by molar-refractivity contribution is 0.159. The molecule has 130 valence electrons. The fourth-order valence-corrected chi connectivity index (χ4v) is 3.96. The van der Waals surface area contributed by atoms with Gasteiger partial charge in [-0.15, -0.1) is 0 Å². The van der Waals surface area contributed by atoms with Crippen molar-refractivity contribution in [3.05, 3.63) is 65.1 Å². The van der Waals surface area contributed by atoms with Crippen molar-refractivity contribution >= 4 is 10.9 Å². The van der Waals surface area contributed by atoms with Crippen molar-refractivity contribution in [1.29, 1.82) is 0 Å². The minimum absolute atomic E-state index is 0.319. The average Bonchev–Trinajstić information content (AvgIpc) is 2.88. The highest BCUT2D eigenvalue weighted by Gasteiger charge is 2.30. The van der Waals surface area contributed by atoms with Crippen LogP contribution in [0.2, 0.25) is 0 Å². The van der Waals surface area contributed by atoms with Crippen LogP contribution < -0.4 is 0 Å². The van der Waals surface area contributed by atoms with Crippen molar-refractivity contribution in [1.82, 2.24) is 14.5 Å². The number of halogens is 1. The molecule has 3 nitrogen and oxygen atoms in total. The standard InChI is InChI=1S/C21H24FN3/c1-15-4-5-19-18(12-15)17-8-11-24(3)13-20(17)25(19)14-21(2,22)16-6-9-23-10-7-16/h4-7,9-10,12H,8,11,13-14H2,1-3H3. The Morgan fingerprint density at radius 2 is 1.96 bits per heavy atom. The summed E-state index contributed by atoms with van der Waals surface area (Å²) in [6, 6.07) is 10.1. The summed E-state index contributed by atoms with van der Waals surface area (Å²) in [5, 5.41) is 1.29. The minimum atomic E-state index is -1.44. The van der Waals surface area contributed by atoms with Gasteiger partial charge >= 0.3 is 0 Å². The van der Waals surface area contributed by atoms with Gasteiger partial charge in [0.05, 0.1) is 6.54 Å². The van der Waals surface area contributed by atoms with Gasteiger partial charge in [0.15, 0.2) is 5.67 Å². The number of likely N-dealkylation sites (N-methyl/N-ethyl adjacent to an activating group) is 1. The van der Waals surface area contributed by atoms with Gasteiger partial charge in [0.25, 0.3) is 0 Å². The lowest BCUT2D eigenvalue weighted by atomic mass is 9.98. The van der Waals surface area contributed by atoms with Gasteiger partial charge in [-0.2, -0.15) is 0 Å². The summed E-state index contributed by atoms with van der Waals surface area (Å²) in [6.07, 6.45) is 4.35. The highest BCUT2D eigenvalue weighted by Crippen LogP contribution is 2.35. The Kier molecular flexibility index (Phi) is 3.88. The first-order valence-corrected chi connectivity index (χ1v) is 8.84. The molecule has 0 fully saturated rings. The second kappa shape index (κ2) is 5.95. The smallest absolute Gasteiger partial charge is 0.151 e. The van der Waals surface area contributed by atoms with E-state index in [9.17, 15) is 0 Å². The highest BCUT2D eigenvalue weighted by atomic mass is 19.1. The minimum Gasteiger partial charge on any atom is -0.339 e. The fourth-order valence-electron chi connectivity index (χ4n) is 3.96. The summed E-state index contributed by atoms with van der Waals surface area (Å²) in [5.41, 5.74) is 4.28. The van der Waals surface area contributed by atoms with Crippen molar-refractivity contribution in [3.63, 3.8) is 0 Å². The molecule has 0 aliphatic carbocycles. The van der Waals surface area contributed by atoms with Crippen LogP contribution in [0.25, 0.3) is 10.9 Å². The van der Waals surface area contributed by atoms with Gasteiger partial charge in [0.2, 0.25) is 0 Å². The molecule has 25 heavy (non-hydrogen) atoms. The number of rotatable bonds is 3. The molecule has 1 aliphatic rings. The quantitative estimate of drug-likeness (QED) is 0.713. The Hall–Kier alpha value is -2.20. The van der Waals surface area contributed by atoms with Gasteiger partial charge in [-0.25, -0.2) is 4.39 Å². The van der Waals surface area contributed by atoms with Gasteiger partial charge in [0.1, 0.15) is 0 Å². The molecule has 3 aromatic rings. The monoisotopic (exact) mass is 337 g/mol. The van der Waals surface area contributed by atoms with Gasteiger partial charge in [0, 0.05) is 42.1 Å².